The summed E-state index contributed by atoms with van der Waals surface area (Å²) in [5.41, 5.74) is 5.33. The molecule has 0 aliphatic rings. The predicted octanol–water partition coefficient (Wildman–Crippen LogP) is 2.64. The summed E-state index contributed by atoms with van der Waals surface area (Å²) < 4.78 is 0. The van der Waals surface area contributed by atoms with Gasteiger partial charge in [-0.3, -0.25) is 0 Å². The van der Waals surface area contributed by atoms with Gasteiger partial charge in [0.15, 0.2) is 0 Å². The average Bonchev–Trinajstić information content (AvgIpc) is 2.03. The van der Waals surface area contributed by atoms with Crippen molar-refractivity contribution in [2.75, 3.05) is 6.54 Å². The van der Waals surface area contributed by atoms with Gasteiger partial charge >= 0.3 is 0 Å². The first kappa shape index (κ1) is 10.4. The highest BCUT2D eigenvalue weighted by Crippen LogP contribution is 1.94. The van der Waals surface area contributed by atoms with Gasteiger partial charge in [0.05, 0.1) is 0 Å². The summed E-state index contributed by atoms with van der Waals surface area (Å²) in [6.45, 7) is 2.92. The van der Waals surface area contributed by atoms with Crippen LogP contribution in [0.2, 0.25) is 0 Å². The second-order valence-electron chi connectivity index (χ2n) is 2.51. The van der Waals surface area contributed by atoms with E-state index >= 15 is 0 Å². The zero-order chi connectivity index (χ0) is 8.36. The number of unbranched alkanes of at least 4 members (excludes halogenated alkanes) is 1. The van der Waals surface area contributed by atoms with Crippen molar-refractivity contribution in [3.8, 4) is 0 Å². The molecule has 0 rings (SSSR count). The molecule has 0 fully saturated rings. The van der Waals surface area contributed by atoms with Crippen LogP contribution in [0.1, 0.15) is 32.6 Å². The summed E-state index contributed by atoms with van der Waals surface area (Å²) >= 11 is 0. The van der Waals surface area contributed by atoms with Crippen molar-refractivity contribution >= 4 is 0 Å². The molecule has 0 bridgehead atoms. The van der Waals surface area contributed by atoms with Gasteiger partial charge in [-0.05, 0) is 32.2 Å². The zero-order valence-electron chi connectivity index (χ0n) is 7.42. The van der Waals surface area contributed by atoms with Crippen LogP contribution in [0.3, 0.4) is 0 Å². The third-order valence-electron chi connectivity index (χ3n) is 1.40. The van der Waals surface area contributed by atoms with E-state index in [2.05, 4.69) is 31.2 Å². The van der Waals surface area contributed by atoms with E-state index in [0.717, 1.165) is 32.2 Å². The van der Waals surface area contributed by atoms with Gasteiger partial charge in [-0.15, -0.1) is 0 Å². The summed E-state index contributed by atoms with van der Waals surface area (Å²) in [5, 5.41) is 0. The molecule has 11 heavy (non-hydrogen) atoms. The maximum Gasteiger partial charge on any atom is -0.00426 e. The lowest BCUT2D eigenvalue weighted by atomic mass is 10.2. The summed E-state index contributed by atoms with van der Waals surface area (Å²) in [7, 11) is 0. The van der Waals surface area contributed by atoms with E-state index in [1.807, 2.05) is 0 Å². The topological polar surface area (TPSA) is 26.0 Å². The lowest BCUT2D eigenvalue weighted by molar-refractivity contribution is 0.980. The molecule has 0 amide bonds. The van der Waals surface area contributed by atoms with Crippen molar-refractivity contribution < 1.29 is 0 Å². The summed E-state index contributed by atoms with van der Waals surface area (Å²) in [5.74, 6) is 0. The van der Waals surface area contributed by atoms with Gasteiger partial charge < -0.3 is 5.73 Å². The van der Waals surface area contributed by atoms with Crippen LogP contribution in [0.5, 0.6) is 0 Å². The molecular formula is C10H19N. The molecule has 2 N–H and O–H groups in total. The largest absolute Gasteiger partial charge is 0.330 e. The number of rotatable bonds is 6. The Morgan fingerprint density at radius 3 is 2.00 bits per heavy atom. The molecule has 1 nitrogen and oxygen atoms in total. The highest BCUT2D eigenvalue weighted by atomic mass is 14.5. The van der Waals surface area contributed by atoms with Crippen molar-refractivity contribution in [3.05, 3.63) is 24.3 Å². The van der Waals surface area contributed by atoms with Gasteiger partial charge in [0.2, 0.25) is 0 Å². The van der Waals surface area contributed by atoms with Crippen LogP contribution in [0.4, 0.5) is 0 Å². The van der Waals surface area contributed by atoms with E-state index in [1.165, 1.54) is 0 Å². The third kappa shape index (κ3) is 9.44. The summed E-state index contributed by atoms with van der Waals surface area (Å²) in [4.78, 5) is 0. The van der Waals surface area contributed by atoms with E-state index in [0.29, 0.717) is 0 Å². The molecule has 0 aliphatic heterocycles. The van der Waals surface area contributed by atoms with Crippen LogP contribution in [0.25, 0.3) is 0 Å². The Morgan fingerprint density at radius 1 is 0.909 bits per heavy atom. The van der Waals surface area contributed by atoms with Gasteiger partial charge in [-0.2, -0.15) is 0 Å². The van der Waals surface area contributed by atoms with Crippen molar-refractivity contribution in [3.63, 3.8) is 0 Å². The molecule has 0 aromatic heterocycles. The minimum atomic E-state index is 0.765. The first-order valence-electron chi connectivity index (χ1n) is 4.42. The predicted molar refractivity (Wildman–Crippen MR) is 51.5 cm³/mol. The van der Waals surface area contributed by atoms with E-state index in [4.69, 9.17) is 5.73 Å². The van der Waals surface area contributed by atoms with Crippen molar-refractivity contribution in [1.29, 1.82) is 0 Å². The fourth-order valence-corrected chi connectivity index (χ4v) is 0.809. The molecular weight excluding hydrogens is 134 g/mol. The van der Waals surface area contributed by atoms with Crippen molar-refractivity contribution in [1.82, 2.24) is 0 Å². The second kappa shape index (κ2) is 9.44. The Hall–Kier alpha value is -0.560. The van der Waals surface area contributed by atoms with E-state index in [1.54, 1.807) is 0 Å². The van der Waals surface area contributed by atoms with Gasteiger partial charge in [-0.1, -0.05) is 31.2 Å². The normalized spacial score (nSPS) is 11.8. The second-order valence-corrected chi connectivity index (χ2v) is 2.51. The van der Waals surface area contributed by atoms with E-state index < -0.39 is 0 Å². The molecule has 0 saturated carbocycles. The Balaban J connectivity index is 3.06. The molecule has 0 aromatic carbocycles. The summed E-state index contributed by atoms with van der Waals surface area (Å²) in [6, 6.07) is 0. The van der Waals surface area contributed by atoms with Gasteiger partial charge in [0, 0.05) is 0 Å². The van der Waals surface area contributed by atoms with E-state index in [-0.39, 0.29) is 0 Å². The third-order valence-corrected chi connectivity index (χ3v) is 1.40. The molecule has 0 heterocycles. The Morgan fingerprint density at radius 2 is 1.45 bits per heavy atom. The molecule has 64 valence electrons. The Bertz CT molecular complexity index is 114. The van der Waals surface area contributed by atoms with Gasteiger partial charge in [0.1, 0.15) is 0 Å². The van der Waals surface area contributed by atoms with Crippen LogP contribution in [0.15, 0.2) is 24.3 Å². The minimum absolute atomic E-state index is 0.765. The molecule has 0 radical (unpaired) electrons. The zero-order valence-corrected chi connectivity index (χ0v) is 7.42. The van der Waals surface area contributed by atoms with Crippen molar-refractivity contribution in [2.24, 2.45) is 5.73 Å². The number of allylic oxidation sites excluding steroid dienone is 3. The molecule has 0 saturated heterocycles. The fraction of sp³-hybridized carbons (Fsp3) is 0.600. The quantitative estimate of drug-likeness (QED) is 0.460. The highest BCUT2D eigenvalue weighted by Gasteiger charge is 1.75. The molecule has 0 aliphatic carbocycles. The monoisotopic (exact) mass is 153 g/mol. The molecule has 0 unspecified atom stereocenters. The standard InChI is InChI=1S/C10H19N/c1-2-3-4-5-6-7-8-9-10-11/h3-4,7-8H,2,5-6,9-11H2,1H3/b4-3-,8-7+. The van der Waals surface area contributed by atoms with Crippen molar-refractivity contribution in [2.45, 2.75) is 32.6 Å². The fourth-order valence-electron chi connectivity index (χ4n) is 0.809. The van der Waals surface area contributed by atoms with E-state index in [9.17, 15) is 0 Å². The maximum absolute atomic E-state index is 5.33. The SMILES string of the molecule is CC/C=C\CC/C=C/CCN. The first-order valence-corrected chi connectivity index (χ1v) is 4.42. The maximum atomic E-state index is 5.33. The Kier molecular flexibility index (Phi) is 8.96. The number of nitrogens with two attached hydrogens (primary N) is 1. The van der Waals surface area contributed by atoms with Crippen LogP contribution >= 0.6 is 0 Å². The van der Waals surface area contributed by atoms with Gasteiger partial charge in [-0.25, -0.2) is 0 Å². The molecule has 1 heteroatoms. The van der Waals surface area contributed by atoms with Crippen LogP contribution < -0.4 is 5.73 Å². The minimum Gasteiger partial charge on any atom is -0.330 e. The molecule has 0 atom stereocenters. The molecule has 0 spiro atoms. The van der Waals surface area contributed by atoms with Crippen LogP contribution in [0, 0.1) is 0 Å². The molecule has 0 aromatic rings. The number of hydrogen-bond acceptors (Lipinski definition) is 1. The van der Waals surface area contributed by atoms with Gasteiger partial charge in [0.25, 0.3) is 0 Å². The van der Waals surface area contributed by atoms with Crippen LogP contribution in [-0.2, 0) is 0 Å². The van der Waals surface area contributed by atoms with Crippen LogP contribution in [-0.4, -0.2) is 6.54 Å². The highest BCUT2D eigenvalue weighted by molar-refractivity contribution is 4.87. The first-order chi connectivity index (χ1) is 5.41. The smallest absolute Gasteiger partial charge is 0.00426 e. The summed E-state index contributed by atoms with van der Waals surface area (Å²) in [6.07, 6.45) is 13.3. The number of hydrogen-bond donors (Lipinski definition) is 1. The average molecular weight is 153 g/mol. The lowest BCUT2D eigenvalue weighted by Gasteiger charge is -1.86. The lowest BCUT2D eigenvalue weighted by Crippen LogP contribution is -1.94. The Labute approximate surface area is 70.0 Å².